The monoisotopic (exact) mass is 433 g/mol. The molecule has 1 unspecified atom stereocenters. The fourth-order valence-corrected chi connectivity index (χ4v) is 2.93. The summed E-state index contributed by atoms with van der Waals surface area (Å²) in [6, 6.07) is 17.8. The van der Waals surface area contributed by atoms with Gasteiger partial charge in [-0.1, -0.05) is 54.1 Å². The van der Waals surface area contributed by atoms with Crippen LogP contribution >= 0.6 is 0 Å². The molecule has 0 radical (unpaired) electrons. The minimum absolute atomic E-state index is 0.0482. The Kier molecular flexibility index (Phi) is 7.23. The Labute approximate surface area is 185 Å². The van der Waals surface area contributed by atoms with Crippen LogP contribution in [0.25, 0.3) is 6.08 Å². The highest BCUT2D eigenvalue weighted by molar-refractivity contribution is 6.08. The number of hydrogen-bond acceptors (Lipinski definition) is 5. The molecule has 1 heterocycles. The predicted octanol–water partition coefficient (Wildman–Crippen LogP) is 4.73. The first kappa shape index (κ1) is 22.6. The second kappa shape index (κ2) is 10.3. The van der Waals surface area contributed by atoms with Gasteiger partial charge in [-0.05, 0) is 43.7 Å². The van der Waals surface area contributed by atoms with Crippen molar-refractivity contribution in [3.63, 3.8) is 0 Å². The Morgan fingerprint density at radius 1 is 1.06 bits per heavy atom. The molecular formula is C25H23NO6. The molecule has 0 saturated heterocycles. The van der Waals surface area contributed by atoms with Gasteiger partial charge in [0.2, 0.25) is 5.78 Å². The summed E-state index contributed by atoms with van der Waals surface area (Å²) in [5, 5.41) is 8.78. The number of ether oxygens (including phenoxy) is 2. The van der Waals surface area contributed by atoms with Gasteiger partial charge in [0, 0.05) is 18.3 Å². The summed E-state index contributed by atoms with van der Waals surface area (Å²) in [7, 11) is 0. The number of aryl methyl sites for hydroxylation is 1. The number of allylic oxidation sites excluding steroid dienone is 1. The van der Waals surface area contributed by atoms with E-state index < -0.39 is 18.2 Å². The summed E-state index contributed by atoms with van der Waals surface area (Å²) >= 11 is 0. The molecule has 164 valence electrons. The van der Waals surface area contributed by atoms with Crippen LogP contribution < -0.4 is 4.74 Å². The maximum absolute atomic E-state index is 12.8. The summed E-state index contributed by atoms with van der Waals surface area (Å²) in [4.78, 5) is 35.2. The summed E-state index contributed by atoms with van der Waals surface area (Å²) in [5.41, 5.74) is 3.08. The number of hydrogen-bond donors (Lipinski definition) is 1. The van der Waals surface area contributed by atoms with Crippen LogP contribution in [0.5, 0.6) is 5.75 Å². The lowest BCUT2D eigenvalue weighted by Gasteiger charge is -2.09. The molecule has 3 rings (SSSR count). The second-order valence-electron chi connectivity index (χ2n) is 7.17. The normalized spacial score (nSPS) is 11.8. The van der Waals surface area contributed by atoms with Crippen LogP contribution in [-0.2, 0) is 16.1 Å². The van der Waals surface area contributed by atoms with Gasteiger partial charge >= 0.3 is 12.1 Å². The van der Waals surface area contributed by atoms with Crippen molar-refractivity contribution < 1.29 is 29.0 Å². The summed E-state index contributed by atoms with van der Waals surface area (Å²) in [6.07, 6.45) is 3.16. The van der Waals surface area contributed by atoms with Crippen molar-refractivity contribution in [1.82, 2.24) is 4.57 Å². The van der Waals surface area contributed by atoms with Crippen molar-refractivity contribution in [2.45, 2.75) is 26.5 Å². The molecule has 0 amide bonds. The van der Waals surface area contributed by atoms with E-state index >= 15 is 0 Å². The fourth-order valence-electron chi connectivity index (χ4n) is 2.93. The largest absolute Gasteiger partial charge is 0.514 e. The quantitative estimate of drug-likeness (QED) is 0.314. The molecule has 1 aromatic heterocycles. The third-order valence-corrected chi connectivity index (χ3v) is 4.67. The molecular weight excluding hydrogens is 410 g/mol. The van der Waals surface area contributed by atoms with Crippen molar-refractivity contribution in [3.05, 3.63) is 95.3 Å². The van der Waals surface area contributed by atoms with Crippen molar-refractivity contribution >= 4 is 24.0 Å². The molecule has 0 fully saturated rings. The van der Waals surface area contributed by atoms with E-state index in [1.807, 2.05) is 66.2 Å². The molecule has 2 aromatic carbocycles. The number of benzene rings is 2. The topological polar surface area (TPSA) is 94.8 Å². The number of ketones is 1. The predicted molar refractivity (Wildman–Crippen MR) is 119 cm³/mol. The highest BCUT2D eigenvalue weighted by atomic mass is 16.7. The van der Waals surface area contributed by atoms with Crippen LogP contribution in [0.1, 0.15) is 34.1 Å². The third kappa shape index (κ3) is 5.95. The van der Waals surface area contributed by atoms with Gasteiger partial charge in [0.25, 0.3) is 0 Å². The highest BCUT2D eigenvalue weighted by Crippen LogP contribution is 2.17. The first-order valence-corrected chi connectivity index (χ1v) is 9.98. The molecule has 0 saturated carbocycles. The van der Waals surface area contributed by atoms with Crippen molar-refractivity contribution in [2.24, 2.45) is 0 Å². The number of aromatic nitrogens is 1. The van der Waals surface area contributed by atoms with Crippen molar-refractivity contribution in [1.29, 1.82) is 0 Å². The minimum atomic E-state index is -1.30. The van der Waals surface area contributed by atoms with Gasteiger partial charge in [0.1, 0.15) is 5.75 Å². The van der Waals surface area contributed by atoms with Gasteiger partial charge < -0.3 is 19.1 Å². The molecule has 7 nitrogen and oxygen atoms in total. The van der Waals surface area contributed by atoms with Crippen molar-refractivity contribution in [3.8, 4) is 5.75 Å². The van der Waals surface area contributed by atoms with E-state index in [4.69, 9.17) is 9.84 Å². The van der Waals surface area contributed by atoms with Gasteiger partial charge in [-0.2, -0.15) is 0 Å². The third-order valence-electron chi connectivity index (χ3n) is 4.67. The summed E-state index contributed by atoms with van der Waals surface area (Å²) < 4.78 is 11.5. The van der Waals surface area contributed by atoms with E-state index in [9.17, 15) is 14.4 Å². The highest BCUT2D eigenvalue weighted by Gasteiger charge is 2.18. The van der Waals surface area contributed by atoms with Gasteiger partial charge in [-0.15, -0.1) is 0 Å². The molecule has 7 heteroatoms. The minimum Gasteiger partial charge on any atom is -0.479 e. The standard InChI is InChI=1S/C25H23NO6/c1-17-10-12-20(13-11-17)23(27)22-9-5-15-26(22)14-4-7-19-6-3-8-21(16-19)32-25(30)31-18(2)24(28)29/h3-13,15-16,18H,14H2,1-2H3,(H,28,29)/b7-4+. The van der Waals surface area contributed by atoms with E-state index in [1.54, 1.807) is 24.3 Å². The molecule has 0 aliphatic heterocycles. The molecule has 3 aromatic rings. The van der Waals surface area contributed by atoms with Crippen LogP contribution in [0, 0.1) is 6.92 Å². The Balaban J connectivity index is 1.64. The summed E-state index contributed by atoms with van der Waals surface area (Å²) in [5.74, 6) is -1.08. The SMILES string of the molecule is Cc1ccc(C(=O)c2cccn2C/C=C/c2cccc(OC(=O)OC(C)C(=O)O)c2)cc1. The van der Waals surface area contributed by atoms with Crippen LogP contribution in [0.4, 0.5) is 4.79 Å². The Bertz CT molecular complexity index is 1140. The maximum atomic E-state index is 12.8. The number of rotatable bonds is 8. The van der Waals surface area contributed by atoms with E-state index in [1.165, 1.54) is 6.92 Å². The van der Waals surface area contributed by atoms with E-state index in [2.05, 4.69) is 4.74 Å². The lowest BCUT2D eigenvalue weighted by molar-refractivity contribution is -0.146. The molecule has 1 N–H and O–H groups in total. The Morgan fingerprint density at radius 2 is 1.81 bits per heavy atom. The molecule has 32 heavy (non-hydrogen) atoms. The van der Waals surface area contributed by atoms with Crippen LogP contribution in [-0.4, -0.2) is 33.7 Å². The zero-order valence-electron chi connectivity index (χ0n) is 17.7. The molecule has 0 bridgehead atoms. The number of carboxylic acids is 1. The number of carbonyl (C=O) groups excluding carboxylic acids is 2. The second-order valence-corrected chi connectivity index (χ2v) is 7.17. The van der Waals surface area contributed by atoms with Gasteiger partial charge in [-0.3, -0.25) is 4.79 Å². The Morgan fingerprint density at radius 3 is 2.53 bits per heavy atom. The van der Waals surface area contributed by atoms with E-state index in [0.29, 0.717) is 17.8 Å². The molecule has 0 aliphatic rings. The lowest BCUT2D eigenvalue weighted by atomic mass is 10.1. The zero-order chi connectivity index (χ0) is 23.1. The smallest absolute Gasteiger partial charge is 0.479 e. The maximum Gasteiger partial charge on any atom is 0.514 e. The molecule has 1 atom stereocenters. The zero-order valence-corrected chi connectivity index (χ0v) is 17.7. The first-order chi connectivity index (χ1) is 15.3. The fraction of sp³-hybridized carbons (Fsp3) is 0.160. The van der Waals surface area contributed by atoms with Crippen molar-refractivity contribution in [2.75, 3.05) is 0 Å². The van der Waals surface area contributed by atoms with Crippen LogP contribution in [0.3, 0.4) is 0 Å². The molecule has 0 aliphatic carbocycles. The number of carbonyl (C=O) groups is 3. The van der Waals surface area contributed by atoms with E-state index in [-0.39, 0.29) is 11.5 Å². The van der Waals surface area contributed by atoms with Gasteiger partial charge in [0.15, 0.2) is 6.10 Å². The van der Waals surface area contributed by atoms with Gasteiger partial charge in [-0.25, -0.2) is 9.59 Å². The number of aliphatic carboxylic acids is 1. The lowest BCUT2D eigenvalue weighted by Crippen LogP contribution is -2.25. The van der Waals surface area contributed by atoms with E-state index in [0.717, 1.165) is 11.1 Å². The number of nitrogens with zero attached hydrogens (tertiary/aromatic N) is 1. The average molecular weight is 433 g/mol. The first-order valence-electron chi connectivity index (χ1n) is 9.98. The molecule has 0 spiro atoms. The van der Waals surface area contributed by atoms with Crippen LogP contribution in [0.15, 0.2) is 72.9 Å². The summed E-state index contributed by atoms with van der Waals surface area (Å²) in [6.45, 7) is 3.69. The Hall–Kier alpha value is -4.13. The van der Waals surface area contributed by atoms with Gasteiger partial charge in [0.05, 0.1) is 5.69 Å². The average Bonchev–Trinajstić information content (AvgIpc) is 3.22. The number of carboxylic acid groups (broad SMARTS) is 1. The van der Waals surface area contributed by atoms with Crippen LogP contribution in [0.2, 0.25) is 0 Å².